The first-order chi connectivity index (χ1) is 9.81. The standard InChI is InChI=1S/C16H18ClNOS/c17-9-8-12-5-3-4-10-18(12)16(19)14-11-20-15-7-2-1-6-13(14)15/h1-2,6-7,11-12H,3-5,8-10H2. The lowest BCUT2D eigenvalue weighted by atomic mass is 9.98. The molecule has 2 aromatic rings. The average molecular weight is 308 g/mol. The Hall–Kier alpha value is -1.06. The van der Waals surface area contributed by atoms with Crippen LogP contribution in [0.15, 0.2) is 29.6 Å². The number of benzene rings is 1. The zero-order valence-electron chi connectivity index (χ0n) is 11.3. The first-order valence-electron chi connectivity index (χ1n) is 7.14. The molecule has 0 spiro atoms. The lowest BCUT2D eigenvalue weighted by Gasteiger charge is -2.35. The maximum Gasteiger partial charge on any atom is 0.255 e. The fraction of sp³-hybridized carbons (Fsp3) is 0.438. The maximum absolute atomic E-state index is 12.8. The number of fused-ring (bicyclic) bond motifs is 1. The van der Waals surface area contributed by atoms with Crippen molar-refractivity contribution in [3.8, 4) is 0 Å². The van der Waals surface area contributed by atoms with Gasteiger partial charge in [-0.1, -0.05) is 18.2 Å². The van der Waals surface area contributed by atoms with Gasteiger partial charge in [-0.15, -0.1) is 22.9 Å². The summed E-state index contributed by atoms with van der Waals surface area (Å²) in [5, 5.41) is 3.08. The van der Waals surface area contributed by atoms with E-state index in [-0.39, 0.29) is 5.91 Å². The molecule has 0 radical (unpaired) electrons. The number of carbonyl (C=O) groups excluding carboxylic acids is 1. The van der Waals surface area contributed by atoms with Crippen LogP contribution in [0.5, 0.6) is 0 Å². The van der Waals surface area contributed by atoms with Gasteiger partial charge in [0.1, 0.15) is 0 Å². The number of piperidine rings is 1. The second-order valence-corrected chi connectivity index (χ2v) is 6.56. The van der Waals surface area contributed by atoms with Crippen LogP contribution in [0.4, 0.5) is 0 Å². The van der Waals surface area contributed by atoms with Crippen LogP contribution < -0.4 is 0 Å². The lowest BCUT2D eigenvalue weighted by molar-refractivity contribution is 0.0612. The van der Waals surface area contributed by atoms with E-state index in [1.807, 2.05) is 28.5 Å². The van der Waals surface area contributed by atoms with Gasteiger partial charge in [-0.3, -0.25) is 4.79 Å². The van der Waals surface area contributed by atoms with E-state index in [9.17, 15) is 4.79 Å². The Labute approximate surface area is 128 Å². The Morgan fingerprint density at radius 2 is 2.20 bits per heavy atom. The van der Waals surface area contributed by atoms with Crippen LogP contribution in [0, 0.1) is 0 Å². The normalized spacial score (nSPS) is 19.4. The third-order valence-corrected chi connectivity index (χ3v) is 5.22. The van der Waals surface area contributed by atoms with Gasteiger partial charge in [0.05, 0.1) is 5.56 Å². The number of amides is 1. The van der Waals surface area contributed by atoms with E-state index in [4.69, 9.17) is 11.6 Å². The summed E-state index contributed by atoms with van der Waals surface area (Å²) in [6.07, 6.45) is 4.29. The van der Waals surface area contributed by atoms with Crippen LogP contribution >= 0.6 is 22.9 Å². The molecule has 1 aliphatic rings. The molecule has 0 bridgehead atoms. The summed E-state index contributed by atoms with van der Waals surface area (Å²) in [6.45, 7) is 0.866. The van der Waals surface area contributed by atoms with Crippen LogP contribution in [-0.4, -0.2) is 29.3 Å². The fourth-order valence-corrected chi connectivity index (χ4v) is 4.18. The van der Waals surface area contributed by atoms with Crippen LogP contribution in [0.25, 0.3) is 10.1 Å². The first-order valence-corrected chi connectivity index (χ1v) is 8.56. The van der Waals surface area contributed by atoms with Crippen LogP contribution in [0.1, 0.15) is 36.0 Å². The highest BCUT2D eigenvalue weighted by molar-refractivity contribution is 7.17. The lowest BCUT2D eigenvalue weighted by Crippen LogP contribution is -2.43. The van der Waals surface area contributed by atoms with Crippen molar-refractivity contribution < 1.29 is 4.79 Å². The summed E-state index contributed by atoms with van der Waals surface area (Å²) in [6, 6.07) is 8.44. The molecule has 1 amide bonds. The zero-order valence-corrected chi connectivity index (χ0v) is 12.9. The van der Waals surface area contributed by atoms with Gasteiger partial charge < -0.3 is 4.90 Å². The molecule has 106 valence electrons. The number of nitrogens with zero attached hydrogens (tertiary/aromatic N) is 1. The minimum absolute atomic E-state index is 0.178. The Kier molecular flexibility index (Phi) is 4.27. The molecular formula is C16H18ClNOS. The SMILES string of the molecule is O=C(c1csc2ccccc12)N1CCCCC1CCCl. The van der Waals surface area contributed by atoms with E-state index >= 15 is 0 Å². The number of rotatable bonds is 3. The first kappa shape index (κ1) is 13.9. The number of carbonyl (C=O) groups is 1. The highest BCUT2D eigenvalue weighted by Gasteiger charge is 2.28. The molecule has 1 aromatic carbocycles. The Morgan fingerprint density at radius 1 is 1.35 bits per heavy atom. The number of alkyl halides is 1. The van der Waals surface area contributed by atoms with Crippen molar-refractivity contribution in [2.45, 2.75) is 31.7 Å². The Balaban J connectivity index is 1.90. The van der Waals surface area contributed by atoms with Gasteiger partial charge in [0.25, 0.3) is 5.91 Å². The molecule has 2 nitrogen and oxygen atoms in total. The quantitative estimate of drug-likeness (QED) is 0.763. The Morgan fingerprint density at radius 3 is 3.05 bits per heavy atom. The van der Waals surface area contributed by atoms with Gasteiger partial charge in [-0.05, 0) is 31.7 Å². The molecule has 3 rings (SSSR count). The van der Waals surface area contributed by atoms with Crippen molar-refractivity contribution >= 4 is 38.9 Å². The second kappa shape index (κ2) is 6.15. The molecule has 4 heteroatoms. The topological polar surface area (TPSA) is 20.3 Å². The maximum atomic E-state index is 12.8. The van der Waals surface area contributed by atoms with E-state index in [1.54, 1.807) is 11.3 Å². The predicted molar refractivity (Wildman–Crippen MR) is 85.8 cm³/mol. The summed E-state index contributed by atoms with van der Waals surface area (Å²) in [7, 11) is 0. The van der Waals surface area contributed by atoms with E-state index in [2.05, 4.69) is 6.07 Å². The van der Waals surface area contributed by atoms with Crippen LogP contribution in [0.2, 0.25) is 0 Å². The van der Waals surface area contributed by atoms with Crippen molar-refractivity contribution in [3.63, 3.8) is 0 Å². The van der Waals surface area contributed by atoms with Gasteiger partial charge in [0, 0.05) is 33.9 Å². The van der Waals surface area contributed by atoms with Crippen molar-refractivity contribution in [2.24, 2.45) is 0 Å². The summed E-state index contributed by atoms with van der Waals surface area (Å²) < 4.78 is 1.18. The molecule has 2 heterocycles. The van der Waals surface area contributed by atoms with E-state index in [0.717, 1.165) is 36.8 Å². The molecule has 20 heavy (non-hydrogen) atoms. The number of hydrogen-bond acceptors (Lipinski definition) is 2. The third-order valence-electron chi connectivity index (χ3n) is 4.04. The fourth-order valence-electron chi connectivity index (χ4n) is 2.99. The molecule has 1 atom stereocenters. The third kappa shape index (κ3) is 2.57. The minimum atomic E-state index is 0.178. The minimum Gasteiger partial charge on any atom is -0.336 e. The predicted octanol–water partition coefficient (Wildman–Crippen LogP) is 4.52. The molecule has 1 aromatic heterocycles. The monoisotopic (exact) mass is 307 g/mol. The number of halogens is 1. The highest BCUT2D eigenvalue weighted by Crippen LogP contribution is 2.29. The van der Waals surface area contributed by atoms with Gasteiger partial charge in [-0.2, -0.15) is 0 Å². The van der Waals surface area contributed by atoms with Gasteiger partial charge in [-0.25, -0.2) is 0 Å². The highest BCUT2D eigenvalue weighted by atomic mass is 35.5. The van der Waals surface area contributed by atoms with E-state index in [1.165, 1.54) is 11.1 Å². The second-order valence-electron chi connectivity index (χ2n) is 5.27. The summed E-state index contributed by atoms with van der Waals surface area (Å²) in [5.41, 5.74) is 0.854. The van der Waals surface area contributed by atoms with E-state index in [0.29, 0.717) is 11.9 Å². The zero-order chi connectivity index (χ0) is 13.9. The van der Waals surface area contributed by atoms with Crippen molar-refractivity contribution in [1.82, 2.24) is 4.90 Å². The molecule has 1 saturated heterocycles. The van der Waals surface area contributed by atoms with Crippen molar-refractivity contribution in [2.75, 3.05) is 12.4 Å². The molecule has 1 fully saturated rings. The molecule has 0 aliphatic carbocycles. The van der Waals surface area contributed by atoms with Gasteiger partial charge >= 0.3 is 0 Å². The van der Waals surface area contributed by atoms with Gasteiger partial charge in [0.15, 0.2) is 0 Å². The Bertz CT molecular complexity index is 607. The number of thiophene rings is 1. The molecule has 0 N–H and O–H groups in total. The largest absolute Gasteiger partial charge is 0.336 e. The molecule has 0 saturated carbocycles. The smallest absolute Gasteiger partial charge is 0.255 e. The van der Waals surface area contributed by atoms with Crippen molar-refractivity contribution in [1.29, 1.82) is 0 Å². The van der Waals surface area contributed by atoms with Crippen LogP contribution in [0.3, 0.4) is 0 Å². The molecular weight excluding hydrogens is 290 g/mol. The number of hydrogen-bond donors (Lipinski definition) is 0. The summed E-state index contributed by atoms with van der Waals surface area (Å²) in [5.74, 6) is 0.802. The molecule has 1 unspecified atom stereocenters. The molecule has 1 aliphatic heterocycles. The van der Waals surface area contributed by atoms with Gasteiger partial charge in [0.2, 0.25) is 0 Å². The van der Waals surface area contributed by atoms with Crippen LogP contribution in [-0.2, 0) is 0 Å². The van der Waals surface area contributed by atoms with E-state index < -0.39 is 0 Å². The summed E-state index contributed by atoms with van der Waals surface area (Å²) >= 11 is 7.54. The average Bonchev–Trinajstić information content (AvgIpc) is 2.91. The number of likely N-dealkylation sites (tertiary alicyclic amines) is 1. The van der Waals surface area contributed by atoms with Crippen molar-refractivity contribution in [3.05, 3.63) is 35.2 Å². The summed E-state index contributed by atoms with van der Waals surface area (Å²) in [4.78, 5) is 14.9.